The lowest BCUT2D eigenvalue weighted by Gasteiger charge is -2.11. The molecule has 3 aromatic carbocycles. The van der Waals surface area contributed by atoms with E-state index in [0.717, 1.165) is 16.0 Å². The highest BCUT2D eigenvalue weighted by Crippen LogP contribution is 2.32. The van der Waals surface area contributed by atoms with E-state index in [9.17, 15) is 9.18 Å². The van der Waals surface area contributed by atoms with Gasteiger partial charge in [-0.2, -0.15) is 0 Å². The molecule has 0 unspecified atom stereocenters. The molecule has 0 saturated heterocycles. The first-order valence-corrected chi connectivity index (χ1v) is 10.2. The zero-order chi connectivity index (χ0) is 20.6. The van der Waals surface area contributed by atoms with Crippen molar-refractivity contribution >= 4 is 34.9 Å². The standard InChI is InChI=1S/C23H18ClFO3S/c24-20-14-17(28-15-23(26)27)10-11-22(20)29-13-12-18(16-6-2-1-3-7-16)19-8-4-5-9-21(19)25/h1-12,14H,13,15H2,(H,26,27)/b18-12-. The molecule has 29 heavy (non-hydrogen) atoms. The van der Waals surface area contributed by atoms with Crippen LogP contribution in [-0.2, 0) is 4.79 Å². The molecule has 3 aromatic rings. The number of rotatable bonds is 8. The van der Waals surface area contributed by atoms with Gasteiger partial charge in [0.1, 0.15) is 11.6 Å². The number of hydrogen-bond donors (Lipinski definition) is 1. The maximum atomic E-state index is 14.4. The van der Waals surface area contributed by atoms with Crippen LogP contribution in [0.5, 0.6) is 5.75 Å². The molecule has 0 atom stereocenters. The zero-order valence-electron chi connectivity index (χ0n) is 15.3. The number of hydrogen-bond acceptors (Lipinski definition) is 3. The first-order valence-electron chi connectivity index (χ1n) is 8.82. The Kier molecular flexibility index (Phi) is 7.33. The summed E-state index contributed by atoms with van der Waals surface area (Å²) in [6.45, 7) is -0.422. The van der Waals surface area contributed by atoms with Crippen molar-refractivity contribution in [3.8, 4) is 5.75 Å². The van der Waals surface area contributed by atoms with Crippen molar-refractivity contribution in [3.63, 3.8) is 0 Å². The fourth-order valence-electron chi connectivity index (χ4n) is 2.73. The number of thioether (sulfide) groups is 1. The van der Waals surface area contributed by atoms with Crippen LogP contribution in [0.15, 0.2) is 83.8 Å². The van der Waals surface area contributed by atoms with E-state index in [4.69, 9.17) is 21.4 Å². The first kappa shape index (κ1) is 21.0. The number of carboxylic acid groups (broad SMARTS) is 1. The Bertz CT molecular complexity index is 1020. The fourth-order valence-corrected chi connectivity index (χ4v) is 3.85. The Hall–Kier alpha value is -2.76. The minimum absolute atomic E-state index is 0.273. The summed E-state index contributed by atoms with van der Waals surface area (Å²) >= 11 is 7.79. The molecule has 3 nitrogen and oxygen atoms in total. The maximum Gasteiger partial charge on any atom is 0.341 e. The van der Waals surface area contributed by atoms with Crippen molar-refractivity contribution in [2.45, 2.75) is 4.90 Å². The van der Waals surface area contributed by atoms with Crippen LogP contribution in [0.1, 0.15) is 11.1 Å². The molecule has 3 rings (SSSR count). The number of halogens is 2. The molecule has 0 aliphatic rings. The molecular formula is C23H18ClFO3S. The lowest BCUT2D eigenvalue weighted by molar-refractivity contribution is -0.139. The van der Waals surface area contributed by atoms with Gasteiger partial charge in [0.05, 0.1) is 5.02 Å². The van der Waals surface area contributed by atoms with Gasteiger partial charge in [0.25, 0.3) is 0 Å². The molecule has 0 spiro atoms. The molecule has 0 amide bonds. The van der Waals surface area contributed by atoms with Crippen molar-refractivity contribution in [1.29, 1.82) is 0 Å². The minimum atomic E-state index is -1.05. The van der Waals surface area contributed by atoms with Gasteiger partial charge in [0.2, 0.25) is 0 Å². The lowest BCUT2D eigenvalue weighted by Crippen LogP contribution is -2.09. The molecule has 0 bridgehead atoms. The van der Waals surface area contributed by atoms with Crippen molar-refractivity contribution in [1.82, 2.24) is 0 Å². The van der Waals surface area contributed by atoms with Gasteiger partial charge < -0.3 is 9.84 Å². The second-order valence-corrected chi connectivity index (χ2v) is 7.52. The molecule has 0 heterocycles. The minimum Gasteiger partial charge on any atom is -0.482 e. The molecule has 0 fully saturated rings. The van der Waals surface area contributed by atoms with Crippen molar-refractivity contribution in [2.75, 3.05) is 12.4 Å². The molecule has 148 valence electrons. The second kappa shape index (κ2) is 10.1. The summed E-state index contributed by atoms with van der Waals surface area (Å²) in [5.41, 5.74) is 2.29. The average molecular weight is 429 g/mol. The number of carboxylic acids is 1. The fraction of sp³-hybridized carbons (Fsp3) is 0.0870. The van der Waals surface area contributed by atoms with E-state index in [1.807, 2.05) is 42.5 Å². The van der Waals surface area contributed by atoms with E-state index in [2.05, 4.69) is 0 Å². The summed E-state index contributed by atoms with van der Waals surface area (Å²) in [6, 6.07) is 21.4. The van der Waals surface area contributed by atoms with Crippen molar-refractivity contribution < 1.29 is 19.0 Å². The Morgan fingerprint density at radius 2 is 1.79 bits per heavy atom. The molecule has 0 radical (unpaired) electrons. The predicted molar refractivity (Wildman–Crippen MR) is 115 cm³/mol. The number of benzene rings is 3. The van der Waals surface area contributed by atoms with Crippen molar-refractivity contribution in [2.24, 2.45) is 0 Å². The summed E-state index contributed by atoms with van der Waals surface area (Å²) in [4.78, 5) is 11.4. The highest BCUT2D eigenvalue weighted by molar-refractivity contribution is 7.99. The van der Waals surface area contributed by atoms with Crippen LogP contribution in [-0.4, -0.2) is 23.4 Å². The van der Waals surface area contributed by atoms with E-state index in [1.165, 1.54) is 17.8 Å². The van der Waals surface area contributed by atoms with Gasteiger partial charge in [0, 0.05) is 16.2 Å². The van der Waals surface area contributed by atoms with E-state index >= 15 is 0 Å². The second-order valence-electron chi connectivity index (χ2n) is 6.05. The highest BCUT2D eigenvalue weighted by Gasteiger charge is 2.10. The Morgan fingerprint density at radius 3 is 2.48 bits per heavy atom. The number of ether oxygens (including phenoxy) is 1. The van der Waals surface area contributed by atoms with Gasteiger partial charge in [0.15, 0.2) is 6.61 Å². The lowest BCUT2D eigenvalue weighted by atomic mass is 9.97. The number of aliphatic carboxylic acids is 1. The Balaban J connectivity index is 1.78. The molecule has 0 aliphatic carbocycles. The van der Waals surface area contributed by atoms with Crippen LogP contribution in [0.3, 0.4) is 0 Å². The van der Waals surface area contributed by atoms with Crippen LogP contribution in [0.25, 0.3) is 5.57 Å². The topological polar surface area (TPSA) is 46.5 Å². The number of carbonyl (C=O) groups is 1. The quantitative estimate of drug-likeness (QED) is 0.436. The van der Waals surface area contributed by atoms with E-state index in [1.54, 1.807) is 30.3 Å². The predicted octanol–water partition coefficient (Wildman–Crippen LogP) is 6.17. The molecule has 0 aliphatic heterocycles. The van der Waals surface area contributed by atoms with Gasteiger partial charge in [-0.1, -0.05) is 66.2 Å². The van der Waals surface area contributed by atoms with Gasteiger partial charge in [-0.15, -0.1) is 11.8 Å². The van der Waals surface area contributed by atoms with E-state index in [-0.39, 0.29) is 5.82 Å². The van der Waals surface area contributed by atoms with E-state index in [0.29, 0.717) is 22.1 Å². The third kappa shape index (κ3) is 5.86. The summed E-state index contributed by atoms with van der Waals surface area (Å²) in [5, 5.41) is 9.15. The average Bonchev–Trinajstić information content (AvgIpc) is 2.72. The van der Waals surface area contributed by atoms with Crippen LogP contribution in [0, 0.1) is 5.82 Å². The van der Waals surface area contributed by atoms with Crippen LogP contribution >= 0.6 is 23.4 Å². The van der Waals surface area contributed by atoms with Crippen LogP contribution < -0.4 is 4.74 Å². The highest BCUT2D eigenvalue weighted by atomic mass is 35.5. The first-order chi connectivity index (χ1) is 14.0. The summed E-state index contributed by atoms with van der Waals surface area (Å²) in [5.74, 6) is -0.348. The largest absolute Gasteiger partial charge is 0.482 e. The molecular weight excluding hydrogens is 411 g/mol. The van der Waals surface area contributed by atoms with E-state index < -0.39 is 12.6 Å². The third-order valence-electron chi connectivity index (χ3n) is 4.04. The van der Waals surface area contributed by atoms with Gasteiger partial charge in [-0.05, 0) is 35.4 Å². The Morgan fingerprint density at radius 1 is 1.07 bits per heavy atom. The van der Waals surface area contributed by atoms with Crippen molar-refractivity contribution in [3.05, 3.63) is 101 Å². The van der Waals surface area contributed by atoms with Gasteiger partial charge in [-0.25, -0.2) is 9.18 Å². The monoisotopic (exact) mass is 428 g/mol. The van der Waals surface area contributed by atoms with Gasteiger partial charge in [-0.3, -0.25) is 0 Å². The summed E-state index contributed by atoms with van der Waals surface area (Å²) in [6.07, 6.45) is 1.98. The third-order valence-corrected chi connectivity index (χ3v) is 5.47. The SMILES string of the molecule is O=C(O)COc1ccc(SC/C=C(/c2ccccc2)c2ccccc2F)c(Cl)c1. The maximum absolute atomic E-state index is 14.4. The normalized spacial score (nSPS) is 11.3. The Labute approximate surface area is 177 Å². The van der Waals surface area contributed by atoms with Crippen LogP contribution in [0.4, 0.5) is 4.39 Å². The molecule has 0 aromatic heterocycles. The smallest absolute Gasteiger partial charge is 0.341 e. The molecule has 0 saturated carbocycles. The summed E-state index contributed by atoms with van der Waals surface area (Å²) in [7, 11) is 0. The zero-order valence-corrected chi connectivity index (χ0v) is 16.9. The van der Waals surface area contributed by atoms with Crippen LogP contribution in [0.2, 0.25) is 5.02 Å². The summed E-state index contributed by atoms with van der Waals surface area (Å²) < 4.78 is 19.5. The van der Waals surface area contributed by atoms with Gasteiger partial charge >= 0.3 is 5.97 Å². The molecule has 6 heteroatoms. The molecule has 1 N–H and O–H groups in total.